The fraction of sp³-hybridized carbons (Fsp3) is 0.500. The lowest BCUT2D eigenvalue weighted by molar-refractivity contribution is -0.140. The maximum Gasteiger partial charge on any atom is 0.331 e. The highest BCUT2D eigenvalue weighted by molar-refractivity contribution is 5.92. The molecule has 0 aromatic heterocycles. The van der Waals surface area contributed by atoms with Gasteiger partial charge in [0.15, 0.2) is 0 Å². The molecule has 0 aliphatic heterocycles. The van der Waals surface area contributed by atoms with E-state index in [-0.39, 0.29) is 52.9 Å². The van der Waals surface area contributed by atoms with Crippen LogP contribution in [0.5, 0.6) is 23.0 Å². The molecule has 92 heavy (non-hydrogen) atoms. The quantitative estimate of drug-likeness (QED) is 0.0155. The normalized spacial score (nSPS) is 11.8. The van der Waals surface area contributed by atoms with Crippen LogP contribution in [0.15, 0.2) is 98.1 Å². The van der Waals surface area contributed by atoms with Gasteiger partial charge in [0.1, 0.15) is 75.9 Å². The highest BCUT2D eigenvalue weighted by Gasteiger charge is 2.26. The third-order valence-corrected chi connectivity index (χ3v) is 15.8. The molecule has 0 atom stereocenters. The van der Waals surface area contributed by atoms with Gasteiger partial charge in [-0.3, -0.25) is 0 Å². The molecule has 0 radical (unpaired) electrons. The Morgan fingerprint density at radius 1 is 0.315 bits per heavy atom. The minimum atomic E-state index is -0.736. The number of hydrogen-bond acceptors (Lipinski definition) is 16. The Kier molecular flexibility index (Phi) is 34.7. The van der Waals surface area contributed by atoms with Gasteiger partial charge in [0.2, 0.25) is 0 Å². The average molecular weight is 1270 g/mol. The Labute approximate surface area is 546 Å². The molecular formula is C76H100O16. The maximum absolute atomic E-state index is 12.9. The Hall–Kier alpha value is -8.14. The first kappa shape index (κ1) is 74.6. The van der Waals surface area contributed by atoms with Gasteiger partial charge < -0.3 is 47.4 Å². The molecule has 1 aliphatic rings. The molecule has 0 heterocycles. The molecule has 0 fully saturated rings. The number of rotatable bonds is 42. The van der Waals surface area contributed by atoms with Crippen molar-refractivity contribution in [2.45, 2.75) is 182 Å². The molecule has 0 spiro atoms. The van der Waals surface area contributed by atoms with E-state index in [0.717, 1.165) is 232 Å². The second-order valence-corrected chi connectivity index (χ2v) is 23.1. The second kappa shape index (κ2) is 42.8. The van der Waals surface area contributed by atoms with Crippen LogP contribution < -0.4 is 18.9 Å². The number of unbranched alkanes of at least 4 members (excludes halogenated alkanes) is 12. The van der Waals surface area contributed by atoms with Crippen molar-refractivity contribution in [2.24, 2.45) is 0 Å². The topological polar surface area (TPSA) is 195 Å². The number of hydrogen-bond donors (Lipinski definition) is 0. The van der Waals surface area contributed by atoms with E-state index in [9.17, 15) is 28.8 Å². The van der Waals surface area contributed by atoms with Crippen LogP contribution in [0.4, 0.5) is 0 Å². The van der Waals surface area contributed by atoms with Crippen molar-refractivity contribution >= 4 is 35.8 Å². The number of benzene rings is 4. The van der Waals surface area contributed by atoms with Crippen LogP contribution in [0.3, 0.4) is 0 Å². The first-order valence-corrected chi connectivity index (χ1v) is 33.3. The monoisotopic (exact) mass is 1270 g/mol. The number of fused-ring (bicyclic) bond motifs is 8. The van der Waals surface area contributed by atoms with Crippen LogP contribution in [0, 0.1) is 0 Å². The molecule has 4 aromatic carbocycles. The van der Waals surface area contributed by atoms with E-state index in [2.05, 4.69) is 89.4 Å². The molecular weight excluding hydrogens is 1170 g/mol. The SMILES string of the molecule is C=CC(=O)OCCOc1c2cc(CCCCCC)cc1Cc1cc(CCCCCC)cc(c1OCCOC(=O)/C=C\C(=O)OC)Cc1cc(CCCCCC)cc(c1OCCOC(=O)/C=C\C(=O)OC)Cc1cc(CCCCCC)cc(c1OCCOC(=O)C=C)C2. The second-order valence-electron chi connectivity index (χ2n) is 23.1. The fourth-order valence-electron chi connectivity index (χ4n) is 11.3. The first-order valence-electron chi connectivity index (χ1n) is 33.3. The van der Waals surface area contributed by atoms with Gasteiger partial charge in [-0.2, -0.15) is 0 Å². The minimum Gasteiger partial charge on any atom is -0.489 e. The number of aryl methyl sites for hydroxylation is 4. The van der Waals surface area contributed by atoms with Gasteiger partial charge in [-0.05, 0) is 118 Å². The molecule has 5 rings (SSSR count). The third-order valence-electron chi connectivity index (χ3n) is 15.8. The molecule has 1 aliphatic carbocycles. The lowest BCUT2D eigenvalue weighted by atomic mass is 9.87. The summed E-state index contributed by atoms with van der Waals surface area (Å²) in [7, 11) is 2.45. The van der Waals surface area contributed by atoms with E-state index in [1.165, 1.54) is 14.2 Å². The maximum atomic E-state index is 12.9. The number of methoxy groups -OCH3 is 2. The summed E-state index contributed by atoms with van der Waals surface area (Å²) in [6.07, 6.45) is 27.6. The molecule has 0 N–H and O–H groups in total. The van der Waals surface area contributed by atoms with Crippen LogP contribution >= 0.6 is 0 Å². The molecule has 500 valence electrons. The van der Waals surface area contributed by atoms with E-state index in [1.807, 2.05) is 0 Å². The predicted octanol–water partition coefficient (Wildman–Crippen LogP) is 14.4. The standard InChI is InChI=1S/C76H100O16/c1-9-15-19-23-27-55-43-59-51-60-44-56(28-24-20-16-10-2)46-62(74(60)90-40-36-86-68(78)14-6)53-64-48-58(30-26-22-18-12-4)50-66(76(64)92-42-38-88-72(82)34-32-70(80)84-8)54-65-49-57(29-25-21-17-11-3)47-63(52-61(45-55)73(59)89-39-35-85-67(77)13-5)75(65)91-41-37-87-71(81)33-31-69(79)83-7/h13-14,31-34,43-50H,5-6,9-12,15-30,35-42,51-54H2,1-4,7-8H3/b33-31-,34-32-. The lowest BCUT2D eigenvalue weighted by Gasteiger charge is -2.25. The van der Waals surface area contributed by atoms with Crippen molar-refractivity contribution in [1.29, 1.82) is 0 Å². The molecule has 16 nitrogen and oxygen atoms in total. The molecule has 4 aromatic rings. The van der Waals surface area contributed by atoms with Crippen LogP contribution in [0.25, 0.3) is 0 Å². The average Bonchev–Trinajstić information content (AvgIpc) is 0.790. The zero-order valence-corrected chi connectivity index (χ0v) is 55.7. The zero-order valence-electron chi connectivity index (χ0n) is 55.7. The fourth-order valence-corrected chi connectivity index (χ4v) is 11.3. The highest BCUT2D eigenvalue weighted by atomic mass is 16.6. The van der Waals surface area contributed by atoms with Crippen molar-refractivity contribution in [3.05, 3.63) is 165 Å². The molecule has 16 heteroatoms. The van der Waals surface area contributed by atoms with Crippen molar-refractivity contribution in [3.63, 3.8) is 0 Å². The van der Waals surface area contributed by atoms with Crippen molar-refractivity contribution in [3.8, 4) is 23.0 Å². The smallest absolute Gasteiger partial charge is 0.331 e. The van der Waals surface area contributed by atoms with E-state index in [4.69, 9.17) is 47.4 Å². The van der Waals surface area contributed by atoms with Gasteiger partial charge in [-0.25, -0.2) is 28.8 Å². The van der Waals surface area contributed by atoms with Gasteiger partial charge in [0, 0.05) is 62.1 Å². The molecule has 0 unspecified atom stereocenters. The van der Waals surface area contributed by atoms with E-state index in [1.54, 1.807) is 0 Å². The number of ether oxygens (including phenoxy) is 10. The Morgan fingerprint density at radius 2 is 0.533 bits per heavy atom. The highest BCUT2D eigenvalue weighted by Crippen LogP contribution is 2.42. The summed E-state index contributed by atoms with van der Waals surface area (Å²) in [6, 6.07) is 17.8. The molecule has 0 amide bonds. The summed E-state index contributed by atoms with van der Waals surface area (Å²) in [5.41, 5.74) is 11.5. The molecule has 8 bridgehead atoms. The van der Waals surface area contributed by atoms with Crippen molar-refractivity contribution < 1.29 is 76.1 Å². The van der Waals surface area contributed by atoms with Gasteiger partial charge in [-0.15, -0.1) is 0 Å². The Morgan fingerprint density at radius 3 is 0.739 bits per heavy atom. The molecule has 0 saturated heterocycles. The van der Waals surface area contributed by atoms with Gasteiger partial charge in [0.05, 0.1) is 14.2 Å². The Balaban J connectivity index is 1.92. The summed E-state index contributed by atoms with van der Waals surface area (Å²) in [5.74, 6) is -1.54. The van der Waals surface area contributed by atoms with Gasteiger partial charge >= 0.3 is 35.8 Å². The predicted molar refractivity (Wildman–Crippen MR) is 357 cm³/mol. The Bertz CT molecular complexity index is 2890. The van der Waals surface area contributed by atoms with Crippen LogP contribution in [0.2, 0.25) is 0 Å². The van der Waals surface area contributed by atoms with Crippen molar-refractivity contribution in [1.82, 2.24) is 0 Å². The van der Waals surface area contributed by atoms with Crippen LogP contribution in [-0.2, 0) is 109 Å². The van der Waals surface area contributed by atoms with Gasteiger partial charge in [0.25, 0.3) is 0 Å². The zero-order chi connectivity index (χ0) is 66.3. The molecule has 0 saturated carbocycles. The first-order chi connectivity index (χ1) is 44.8. The van der Waals surface area contributed by atoms with E-state index >= 15 is 0 Å². The number of carbonyl (C=O) groups excluding carboxylic acids is 6. The minimum absolute atomic E-state index is 0.0331. The summed E-state index contributed by atoms with van der Waals surface area (Å²) in [5, 5.41) is 0. The summed E-state index contributed by atoms with van der Waals surface area (Å²) >= 11 is 0. The summed E-state index contributed by atoms with van der Waals surface area (Å²) < 4.78 is 59.5. The van der Waals surface area contributed by atoms with Crippen molar-refractivity contribution in [2.75, 3.05) is 67.1 Å². The van der Waals surface area contributed by atoms with Crippen LogP contribution in [0.1, 0.15) is 197 Å². The third kappa shape index (κ3) is 26.6. The number of esters is 6. The summed E-state index contributed by atoms with van der Waals surface area (Å²) in [6.45, 7) is 15.7. The van der Waals surface area contributed by atoms with Crippen LogP contribution in [-0.4, -0.2) is 103 Å². The van der Waals surface area contributed by atoms with E-state index < -0.39 is 35.8 Å². The number of carbonyl (C=O) groups is 6. The van der Waals surface area contributed by atoms with E-state index in [0.29, 0.717) is 48.7 Å². The largest absolute Gasteiger partial charge is 0.489 e. The lowest BCUT2D eigenvalue weighted by Crippen LogP contribution is -2.16. The summed E-state index contributed by atoms with van der Waals surface area (Å²) in [4.78, 5) is 74.7. The van der Waals surface area contributed by atoms with Gasteiger partial charge in [-0.1, -0.05) is 166 Å².